The van der Waals surface area contributed by atoms with Crippen molar-refractivity contribution in [2.75, 3.05) is 13.2 Å². The largest absolute Gasteiger partial charge is 0.465 e. The first-order valence-corrected chi connectivity index (χ1v) is 5.62. The molecule has 1 saturated carbocycles. The second-order valence-electron chi connectivity index (χ2n) is 3.93. The maximum Gasteiger partial charge on any atom is 0.308 e. The third kappa shape index (κ3) is 4.09. The quantitative estimate of drug-likeness (QED) is 0.544. The maximum absolute atomic E-state index is 11.5. The van der Waals surface area contributed by atoms with Gasteiger partial charge in [0.1, 0.15) is 0 Å². The Balaban J connectivity index is 2.07. The van der Waals surface area contributed by atoms with Crippen LogP contribution in [0.4, 0.5) is 0 Å². The number of ether oxygens (including phenoxy) is 1. The minimum Gasteiger partial charge on any atom is -0.465 e. The average molecular weight is 200 g/mol. The van der Waals surface area contributed by atoms with Crippen LogP contribution >= 0.6 is 0 Å². The highest BCUT2D eigenvalue weighted by atomic mass is 16.5. The molecule has 0 heterocycles. The van der Waals surface area contributed by atoms with Gasteiger partial charge in [0.05, 0.1) is 12.5 Å². The van der Waals surface area contributed by atoms with Gasteiger partial charge in [0, 0.05) is 6.61 Å². The van der Waals surface area contributed by atoms with Crippen molar-refractivity contribution >= 4 is 5.97 Å². The molecule has 0 unspecified atom stereocenters. The van der Waals surface area contributed by atoms with Gasteiger partial charge >= 0.3 is 5.97 Å². The van der Waals surface area contributed by atoms with Crippen molar-refractivity contribution in [3.63, 3.8) is 0 Å². The number of unbranched alkanes of at least 4 members (excludes halogenated alkanes) is 1. The monoisotopic (exact) mass is 200 g/mol. The number of hydrogen-bond donors (Lipinski definition) is 1. The number of hydrogen-bond acceptors (Lipinski definition) is 3. The zero-order chi connectivity index (χ0) is 10.2. The first kappa shape index (κ1) is 11.5. The Labute approximate surface area is 85.5 Å². The van der Waals surface area contributed by atoms with Crippen LogP contribution in [0.15, 0.2) is 0 Å². The molecule has 1 aliphatic carbocycles. The summed E-state index contributed by atoms with van der Waals surface area (Å²) in [5, 5.41) is 8.54. The summed E-state index contributed by atoms with van der Waals surface area (Å²) in [6.07, 6.45) is 7.08. The van der Waals surface area contributed by atoms with Crippen molar-refractivity contribution in [1.29, 1.82) is 0 Å². The summed E-state index contributed by atoms with van der Waals surface area (Å²) in [6, 6.07) is 0. The van der Waals surface area contributed by atoms with Crippen molar-refractivity contribution in [2.45, 2.75) is 44.9 Å². The topological polar surface area (TPSA) is 46.5 Å². The number of rotatable bonds is 5. The molecule has 3 heteroatoms. The van der Waals surface area contributed by atoms with E-state index < -0.39 is 0 Å². The van der Waals surface area contributed by atoms with Crippen LogP contribution in [0.2, 0.25) is 0 Å². The normalized spacial score (nSPS) is 18.1. The van der Waals surface area contributed by atoms with E-state index in [0.29, 0.717) is 6.61 Å². The molecular weight excluding hydrogens is 180 g/mol. The molecule has 82 valence electrons. The lowest BCUT2D eigenvalue weighted by molar-refractivity contribution is -0.149. The summed E-state index contributed by atoms with van der Waals surface area (Å²) in [7, 11) is 0. The number of aliphatic hydroxyl groups excluding tert-OH is 1. The molecule has 1 fully saturated rings. The Hall–Kier alpha value is -0.570. The lowest BCUT2D eigenvalue weighted by atomic mass is 9.89. The predicted octanol–water partition coefficient (Wildman–Crippen LogP) is 1.88. The van der Waals surface area contributed by atoms with Gasteiger partial charge in [-0.25, -0.2) is 0 Å². The molecule has 0 aromatic carbocycles. The molecule has 0 spiro atoms. The lowest BCUT2D eigenvalue weighted by Gasteiger charge is -2.19. The molecule has 1 N–H and O–H groups in total. The van der Waals surface area contributed by atoms with Gasteiger partial charge in [0.15, 0.2) is 0 Å². The van der Waals surface area contributed by atoms with Crippen molar-refractivity contribution in [3.8, 4) is 0 Å². The van der Waals surface area contributed by atoms with Crippen molar-refractivity contribution in [3.05, 3.63) is 0 Å². The molecule has 14 heavy (non-hydrogen) atoms. The van der Waals surface area contributed by atoms with Crippen LogP contribution in [0.25, 0.3) is 0 Å². The van der Waals surface area contributed by atoms with Crippen LogP contribution in [0.5, 0.6) is 0 Å². The van der Waals surface area contributed by atoms with E-state index in [1.807, 2.05) is 0 Å². The summed E-state index contributed by atoms with van der Waals surface area (Å²) in [6.45, 7) is 0.650. The highest BCUT2D eigenvalue weighted by molar-refractivity contribution is 5.72. The molecule has 0 atom stereocenters. The Morgan fingerprint density at radius 2 is 1.93 bits per heavy atom. The van der Waals surface area contributed by atoms with Crippen LogP contribution < -0.4 is 0 Å². The van der Waals surface area contributed by atoms with Gasteiger partial charge in [-0.2, -0.15) is 0 Å². The molecular formula is C11H20O3. The van der Waals surface area contributed by atoms with Crippen molar-refractivity contribution < 1.29 is 14.6 Å². The molecule has 0 saturated heterocycles. The Morgan fingerprint density at radius 3 is 2.57 bits per heavy atom. The van der Waals surface area contributed by atoms with Gasteiger partial charge in [-0.15, -0.1) is 0 Å². The van der Waals surface area contributed by atoms with Crippen LogP contribution in [0.3, 0.4) is 0 Å². The molecule has 0 aliphatic heterocycles. The van der Waals surface area contributed by atoms with Crippen LogP contribution in [0.1, 0.15) is 44.9 Å². The fraction of sp³-hybridized carbons (Fsp3) is 0.909. The third-order valence-electron chi connectivity index (χ3n) is 2.74. The van der Waals surface area contributed by atoms with Gasteiger partial charge < -0.3 is 9.84 Å². The summed E-state index contributed by atoms with van der Waals surface area (Å²) < 4.78 is 5.13. The van der Waals surface area contributed by atoms with E-state index in [2.05, 4.69) is 0 Å². The van der Waals surface area contributed by atoms with E-state index in [0.717, 1.165) is 38.5 Å². The minimum absolute atomic E-state index is 0.0253. The standard InChI is InChI=1S/C11H20O3/c12-8-4-5-9-14-11(13)10-6-2-1-3-7-10/h10,12H,1-9H2. The highest BCUT2D eigenvalue weighted by Gasteiger charge is 2.21. The first-order chi connectivity index (χ1) is 6.84. The predicted molar refractivity (Wildman–Crippen MR) is 53.9 cm³/mol. The maximum atomic E-state index is 11.5. The molecule has 1 aliphatic rings. The van der Waals surface area contributed by atoms with Gasteiger partial charge in [-0.05, 0) is 25.7 Å². The molecule has 0 radical (unpaired) electrons. The Morgan fingerprint density at radius 1 is 1.21 bits per heavy atom. The third-order valence-corrected chi connectivity index (χ3v) is 2.74. The van der Waals surface area contributed by atoms with Crippen LogP contribution in [-0.4, -0.2) is 24.3 Å². The SMILES string of the molecule is O=C(OCCCCO)C1CCCCC1. The fourth-order valence-corrected chi connectivity index (χ4v) is 1.84. The van der Waals surface area contributed by atoms with Gasteiger partial charge in [0.25, 0.3) is 0 Å². The van der Waals surface area contributed by atoms with E-state index in [9.17, 15) is 4.79 Å². The van der Waals surface area contributed by atoms with Gasteiger partial charge in [0.2, 0.25) is 0 Å². The second-order valence-corrected chi connectivity index (χ2v) is 3.93. The summed E-state index contributed by atoms with van der Waals surface area (Å²) >= 11 is 0. The summed E-state index contributed by atoms with van der Waals surface area (Å²) in [5.41, 5.74) is 0. The van der Waals surface area contributed by atoms with Crippen molar-refractivity contribution in [1.82, 2.24) is 0 Å². The van der Waals surface area contributed by atoms with E-state index >= 15 is 0 Å². The summed E-state index contributed by atoms with van der Waals surface area (Å²) in [5.74, 6) is 0.125. The number of aliphatic hydroxyl groups is 1. The average Bonchev–Trinajstić information content (AvgIpc) is 2.25. The second kappa shape index (κ2) is 6.82. The number of carbonyl (C=O) groups excluding carboxylic acids is 1. The Bertz CT molecular complexity index is 162. The molecule has 0 aromatic heterocycles. The first-order valence-electron chi connectivity index (χ1n) is 5.62. The zero-order valence-corrected chi connectivity index (χ0v) is 8.71. The molecule has 3 nitrogen and oxygen atoms in total. The minimum atomic E-state index is -0.0253. The van der Waals surface area contributed by atoms with Crippen LogP contribution in [-0.2, 0) is 9.53 Å². The fourth-order valence-electron chi connectivity index (χ4n) is 1.84. The lowest BCUT2D eigenvalue weighted by Crippen LogP contribution is -2.20. The van der Waals surface area contributed by atoms with E-state index in [1.165, 1.54) is 6.42 Å². The van der Waals surface area contributed by atoms with Crippen LogP contribution in [0, 0.1) is 5.92 Å². The molecule has 0 bridgehead atoms. The molecule has 1 rings (SSSR count). The summed E-state index contributed by atoms with van der Waals surface area (Å²) in [4.78, 5) is 11.5. The van der Waals surface area contributed by atoms with E-state index in [1.54, 1.807) is 0 Å². The van der Waals surface area contributed by atoms with E-state index in [4.69, 9.17) is 9.84 Å². The highest BCUT2D eigenvalue weighted by Crippen LogP contribution is 2.24. The van der Waals surface area contributed by atoms with E-state index in [-0.39, 0.29) is 18.5 Å². The molecule has 0 aromatic rings. The molecule has 0 amide bonds. The Kier molecular flexibility index (Phi) is 5.60. The number of esters is 1. The number of carbonyl (C=O) groups is 1. The van der Waals surface area contributed by atoms with Gasteiger partial charge in [-0.1, -0.05) is 19.3 Å². The van der Waals surface area contributed by atoms with Gasteiger partial charge in [-0.3, -0.25) is 4.79 Å². The van der Waals surface area contributed by atoms with Crippen molar-refractivity contribution in [2.24, 2.45) is 5.92 Å². The zero-order valence-electron chi connectivity index (χ0n) is 8.71. The smallest absolute Gasteiger partial charge is 0.308 e.